The number of aromatic amines is 1. The predicted octanol–water partition coefficient (Wildman–Crippen LogP) is 2.73. The number of carbonyl (C=O) groups excluding carboxylic acids is 1. The Morgan fingerprint density at radius 2 is 1.92 bits per heavy atom. The number of thiol groups is 1. The van der Waals surface area contributed by atoms with E-state index >= 15 is 0 Å². The molecule has 9 heteroatoms. The third-order valence-corrected chi connectivity index (χ3v) is 5.19. The number of benzene rings is 2. The lowest BCUT2D eigenvalue weighted by Gasteiger charge is -1.98. The Morgan fingerprint density at radius 3 is 2.60 bits per heavy atom. The van der Waals surface area contributed by atoms with Gasteiger partial charge in [-0.1, -0.05) is 6.07 Å². The van der Waals surface area contributed by atoms with Gasteiger partial charge in [-0.25, -0.2) is 4.99 Å². The van der Waals surface area contributed by atoms with Crippen molar-refractivity contribution in [2.75, 3.05) is 0 Å². The van der Waals surface area contributed by atoms with E-state index in [4.69, 9.17) is 4.55 Å². The Labute approximate surface area is 147 Å². The minimum absolute atomic E-state index is 0.0126. The second kappa shape index (κ2) is 5.19. The molecular formula is C16H10N2O5S2. The maximum Gasteiger partial charge on any atom is 0.294 e. The summed E-state index contributed by atoms with van der Waals surface area (Å²) >= 11 is 4.28. The molecule has 4 rings (SSSR count). The molecule has 0 amide bonds. The number of aromatic hydroxyl groups is 1. The van der Waals surface area contributed by atoms with E-state index in [0.29, 0.717) is 21.7 Å². The van der Waals surface area contributed by atoms with Crippen LogP contribution in [0, 0.1) is 0 Å². The molecule has 0 unspecified atom stereocenters. The van der Waals surface area contributed by atoms with Gasteiger partial charge in [0.2, 0.25) is 5.78 Å². The Balaban J connectivity index is 1.92. The van der Waals surface area contributed by atoms with Crippen LogP contribution in [0.4, 0.5) is 5.69 Å². The molecule has 7 nitrogen and oxygen atoms in total. The zero-order valence-electron chi connectivity index (χ0n) is 12.4. The van der Waals surface area contributed by atoms with Gasteiger partial charge in [0.25, 0.3) is 10.1 Å². The number of fused-ring (bicyclic) bond motifs is 2. The number of rotatable bonds is 2. The van der Waals surface area contributed by atoms with Crippen molar-refractivity contribution >= 4 is 50.8 Å². The number of nitrogens with zero attached hydrogens (tertiary/aromatic N) is 1. The van der Waals surface area contributed by atoms with Crippen LogP contribution in [0.1, 0.15) is 16.1 Å². The summed E-state index contributed by atoms with van der Waals surface area (Å²) < 4.78 is 31.7. The van der Waals surface area contributed by atoms with Gasteiger partial charge < -0.3 is 10.1 Å². The first-order valence-electron chi connectivity index (χ1n) is 7.05. The summed E-state index contributed by atoms with van der Waals surface area (Å²) in [5, 5.41) is 10.6. The van der Waals surface area contributed by atoms with Crippen LogP contribution in [0.25, 0.3) is 10.9 Å². The number of H-pyrrole nitrogens is 1. The zero-order valence-corrected chi connectivity index (χ0v) is 14.1. The molecule has 2 aromatic carbocycles. The topological polar surface area (TPSA) is 120 Å². The van der Waals surface area contributed by atoms with E-state index in [9.17, 15) is 18.3 Å². The molecule has 0 atom stereocenters. The van der Waals surface area contributed by atoms with Crippen molar-refractivity contribution in [3.05, 3.63) is 47.7 Å². The fourth-order valence-electron chi connectivity index (χ4n) is 2.78. The van der Waals surface area contributed by atoms with Crippen molar-refractivity contribution in [2.45, 2.75) is 9.79 Å². The van der Waals surface area contributed by atoms with Crippen LogP contribution in [0.5, 0.6) is 5.75 Å². The Hall–Kier alpha value is -2.62. The van der Waals surface area contributed by atoms with E-state index < -0.39 is 10.1 Å². The summed E-state index contributed by atoms with van der Waals surface area (Å²) in [5.41, 5.74) is 1.29. The molecule has 0 fully saturated rings. The van der Waals surface area contributed by atoms with E-state index in [2.05, 4.69) is 22.6 Å². The van der Waals surface area contributed by atoms with Crippen LogP contribution in [-0.4, -0.2) is 34.6 Å². The Bertz CT molecular complexity index is 1210. The number of ketones is 1. The van der Waals surface area contributed by atoms with Gasteiger partial charge in [0.15, 0.2) is 5.75 Å². The standard InChI is InChI=1S/C16H10N2O5S2/c19-15-8-2-1-3-11(24)12(8)18-14(15)13-16(20)9-6-7(25(21,22)23)4-5-10(9)17-13/h1-6,17,20,24H,(H,21,22,23). The van der Waals surface area contributed by atoms with E-state index in [-0.39, 0.29) is 33.2 Å². The molecule has 1 aliphatic rings. The predicted molar refractivity (Wildman–Crippen MR) is 94.0 cm³/mol. The van der Waals surface area contributed by atoms with Crippen LogP contribution >= 0.6 is 12.6 Å². The van der Waals surface area contributed by atoms with E-state index in [1.165, 1.54) is 12.1 Å². The molecule has 0 aliphatic carbocycles. The van der Waals surface area contributed by atoms with Crippen molar-refractivity contribution < 1.29 is 22.9 Å². The fraction of sp³-hybridized carbons (Fsp3) is 0. The SMILES string of the molecule is O=C1C(c2[nH]c3ccc(S(=O)(=O)O)cc3c2O)=Nc2c(S)cccc21. The molecule has 126 valence electrons. The van der Waals surface area contributed by atoms with Crippen LogP contribution in [0.3, 0.4) is 0 Å². The summed E-state index contributed by atoms with van der Waals surface area (Å²) in [6.45, 7) is 0. The van der Waals surface area contributed by atoms with Gasteiger partial charge in [-0.3, -0.25) is 9.35 Å². The minimum atomic E-state index is -4.41. The summed E-state index contributed by atoms with van der Waals surface area (Å²) in [5.74, 6) is -0.691. The van der Waals surface area contributed by atoms with Crippen LogP contribution in [0.2, 0.25) is 0 Å². The van der Waals surface area contributed by atoms with Crippen LogP contribution in [-0.2, 0) is 10.1 Å². The maximum atomic E-state index is 12.6. The second-order valence-electron chi connectivity index (χ2n) is 5.49. The highest BCUT2D eigenvalue weighted by molar-refractivity contribution is 7.85. The monoisotopic (exact) mass is 374 g/mol. The summed E-state index contributed by atoms with van der Waals surface area (Å²) in [6.07, 6.45) is 0. The molecule has 3 aromatic rings. The van der Waals surface area contributed by atoms with Gasteiger partial charge in [-0.05, 0) is 30.3 Å². The number of Topliss-reactive ketones (excluding diaryl/α,β-unsaturated/α-hetero) is 1. The fourth-order valence-corrected chi connectivity index (χ4v) is 3.54. The lowest BCUT2D eigenvalue weighted by Crippen LogP contribution is -2.11. The van der Waals surface area contributed by atoms with Crippen molar-refractivity contribution in [3.8, 4) is 5.75 Å². The lowest BCUT2D eigenvalue weighted by atomic mass is 10.1. The van der Waals surface area contributed by atoms with Gasteiger partial charge in [-0.2, -0.15) is 8.42 Å². The van der Waals surface area contributed by atoms with Crippen molar-refractivity contribution in [3.63, 3.8) is 0 Å². The minimum Gasteiger partial charge on any atom is -0.505 e. The molecule has 0 saturated heterocycles. The zero-order chi connectivity index (χ0) is 17.9. The average molecular weight is 374 g/mol. The van der Waals surface area contributed by atoms with E-state index in [0.717, 1.165) is 6.07 Å². The maximum absolute atomic E-state index is 12.6. The molecule has 1 aliphatic heterocycles. The molecule has 1 aromatic heterocycles. The quantitative estimate of drug-likeness (QED) is 0.406. The number of para-hydroxylation sites is 1. The second-order valence-corrected chi connectivity index (χ2v) is 7.40. The number of aliphatic imine (C=N–C) groups is 1. The summed E-state index contributed by atoms with van der Waals surface area (Å²) in [6, 6.07) is 8.70. The van der Waals surface area contributed by atoms with Gasteiger partial charge in [0.05, 0.1) is 16.1 Å². The number of aromatic nitrogens is 1. The molecular weight excluding hydrogens is 364 g/mol. The first-order valence-corrected chi connectivity index (χ1v) is 8.94. The van der Waals surface area contributed by atoms with Gasteiger partial charge >= 0.3 is 0 Å². The van der Waals surface area contributed by atoms with Gasteiger partial charge in [0.1, 0.15) is 11.4 Å². The number of hydrogen-bond donors (Lipinski definition) is 4. The Morgan fingerprint density at radius 1 is 1.16 bits per heavy atom. The molecule has 3 N–H and O–H groups in total. The number of carbonyl (C=O) groups is 1. The molecule has 25 heavy (non-hydrogen) atoms. The van der Waals surface area contributed by atoms with Crippen molar-refractivity contribution in [2.24, 2.45) is 4.99 Å². The third kappa shape index (κ3) is 2.36. The van der Waals surface area contributed by atoms with Crippen LogP contribution < -0.4 is 0 Å². The first kappa shape index (κ1) is 15.9. The highest BCUT2D eigenvalue weighted by atomic mass is 32.2. The molecule has 2 heterocycles. The van der Waals surface area contributed by atoms with E-state index in [1.807, 2.05) is 0 Å². The number of nitrogens with one attached hydrogen (secondary N) is 1. The molecule has 0 spiro atoms. The average Bonchev–Trinajstić information content (AvgIpc) is 3.06. The Kier molecular flexibility index (Phi) is 3.29. The molecule has 0 bridgehead atoms. The van der Waals surface area contributed by atoms with Gasteiger partial charge in [0, 0.05) is 15.8 Å². The highest BCUT2D eigenvalue weighted by Gasteiger charge is 2.30. The number of hydrogen-bond acceptors (Lipinski definition) is 6. The van der Waals surface area contributed by atoms with Gasteiger partial charge in [-0.15, -0.1) is 12.6 Å². The molecule has 0 saturated carbocycles. The first-order chi connectivity index (χ1) is 11.8. The smallest absolute Gasteiger partial charge is 0.294 e. The van der Waals surface area contributed by atoms with Crippen molar-refractivity contribution in [1.82, 2.24) is 4.98 Å². The molecule has 0 radical (unpaired) electrons. The third-order valence-electron chi connectivity index (χ3n) is 3.98. The highest BCUT2D eigenvalue weighted by Crippen LogP contribution is 2.38. The largest absolute Gasteiger partial charge is 0.505 e. The summed E-state index contributed by atoms with van der Waals surface area (Å²) in [7, 11) is -4.41. The lowest BCUT2D eigenvalue weighted by molar-refractivity contribution is 0.106. The van der Waals surface area contributed by atoms with E-state index in [1.54, 1.807) is 18.2 Å². The summed E-state index contributed by atoms with van der Waals surface area (Å²) in [4.78, 5) is 19.9. The van der Waals surface area contributed by atoms with Crippen molar-refractivity contribution in [1.29, 1.82) is 0 Å². The normalized spacial score (nSPS) is 14.0. The van der Waals surface area contributed by atoms with Crippen LogP contribution in [0.15, 0.2) is 51.2 Å².